The molecule has 1 fully saturated rings. The van der Waals surface area contributed by atoms with E-state index in [2.05, 4.69) is 90.8 Å². The first kappa shape index (κ1) is 31.4. The fraction of sp³-hybridized carbons (Fsp3) is 0.432. The highest BCUT2D eigenvalue weighted by Crippen LogP contribution is 2.32. The van der Waals surface area contributed by atoms with Crippen LogP contribution in [0.15, 0.2) is 84.4 Å². The minimum Gasteiger partial charge on any atom is -0.492 e. The Labute approximate surface area is 252 Å². The average Bonchev–Trinajstić information content (AvgIpc) is 3.03. The monoisotopic (exact) mass is 568 g/mol. The Hall–Kier alpha value is -3.57. The van der Waals surface area contributed by atoms with E-state index in [4.69, 9.17) is 9.47 Å². The van der Waals surface area contributed by atoms with Crippen LogP contribution in [0.5, 0.6) is 11.5 Å². The van der Waals surface area contributed by atoms with Crippen molar-refractivity contribution in [1.82, 2.24) is 10.2 Å². The number of benzene rings is 3. The summed E-state index contributed by atoms with van der Waals surface area (Å²) in [5, 5.41) is 2.86. The van der Waals surface area contributed by atoms with E-state index >= 15 is 0 Å². The zero-order valence-corrected chi connectivity index (χ0v) is 25.6. The molecule has 0 unspecified atom stereocenters. The van der Waals surface area contributed by atoms with Gasteiger partial charge >= 0.3 is 6.09 Å². The number of nitrogens with zero attached hydrogens (tertiary/aromatic N) is 1. The van der Waals surface area contributed by atoms with Crippen molar-refractivity contribution in [2.45, 2.75) is 71.6 Å². The summed E-state index contributed by atoms with van der Waals surface area (Å²) in [5.41, 5.74) is 6.13. The summed E-state index contributed by atoms with van der Waals surface area (Å²) in [6, 6.07) is 27.0. The van der Waals surface area contributed by atoms with Crippen molar-refractivity contribution in [3.05, 3.63) is 101 Å². The SMILES string of the molecule is CCCCCCNC(=O)Oc1ccc(/C(=C(/CC)Cc2ccccc2)c2ccc(OCCN3CCCCC3)cc2)cc1. The Kier molecular flexibility index (Phi) is 13.0. The van der Waals surface area contributed by atoms with Gasteiger partial charge in [0.05, 0.1) is 0 Å². The summed E-state index contributed by atoms with van der Waals surface area (Å²) in [5.74, 6) is 1.45. The summed E-state index contributed by atoms with van der Waals surface area (Å²) >= 11 is 0. The molecule has 1 saturated heterocycles. The fourth-order valence-electron chi connectivity index (χ4n) is 5.58. The third-order valence-corrected chi connectivity index (χ3v) is 7.96. The van der Waals surface area contributed by atoms with Gasteiger partial charge in [0, 0.05) is 13.1 Å². The number of nitrogens with one attached hydrogen (secondary N) is 1. The van der Waals surface area contributed by atoms with E-state index in [1.165, 1.54) is 61.9 Å². The van der Waals surface area contributed by atoms with Crippen LogP contribution in [0.1, 0.15) is 81.9 Å². The van der Waals surface area contributed by atoms with Gasteiger partial charge in [-0.2, -0.15) is 0 Å². The molecule has 1 aliphatic rings. The molecule has 0 spiro atoms. The number of likely N-dealkylation sites (tertiary alicyclic amines) is 1. The molecule has 4 rings (SSSR count). The molecular formula is C37H48N2O3. The Morgan fingerprint density at radius 1 is 0.786 bits per heavy atom. The molecule has 0 saturated carbocycles. The summed E-state index contributed by atoms with van der Waals surface area (Å²) in [4.78, 5) is 14.8. The van der Waals surface area contributed by atoms with Crippen LogP contribution in [0.4, 0.5) is 4.79 Å². The minimum atomic E-state index is -0.399. The molecule has 3 aromatic rings. The first-order chi connectivity index (χ1) is 20.7. The molecule has 5 heteroatoms. The van der Waals surface area contributed by atoms with Crippen LogP contribution >= 0.6 is 0 Å². The van der Waals surface area contributed by atoms with Gasteiger partial charge in [-0.05, 0) is 91.7 Å². The van der Waals surface area contributed by atoms with Gasteiger partial charge in [0.2, 0.25) is 0 Å². The lowest BCUT2D eigenvalue weighted by molar-refractivity contribution is 0.183. The number of unbranched alkanes of at least 4 members (excludes halogenated alkanes) is 3. The number of piperidine rings is 1. The first-order valence-corrected chi connectivity index (χ1v) is 15.9. The number of hydrogen-bond donors (Lipinski definition) is 1. The van der Waals surface area contributed by atoms with Gasteiger partial charge < -0.3 is 14.8 Å². The fourth-order valence-corrected chi connectivity index (χ4v) is 5.58. The first-order valence-electron chi connectivity index (χ1n) is 15.9. The molecule has 0 aromatic heterocycles. The maximum absolute atomic E-state index is 12.3. The second-order valence-corrected chi connectivity index (χ2v) is 11.2. The second kappa shape index (κ2) is 17.4. The number of allylic oxidation sites excluding steroid dienone is 1. The standard InChI is InChI=1S/C37H48N2O3/c1-3-5-6-11-24-38-37(40)42-35-22-18-33(19-23-35)36(31(4-2)29-30-14-9-7-10-15-30)32-16-20-34(21-17-32)41-28-27-39-25-12-8-13-26-39/h7,9-10,14-23H,3-6,8,11-13,24-29H2,1-2H3,(H,38,40)/b36-31-. The highest BCUT2D eigenvalue weighted by molar-refractivity contribution is 5.83. The number of rotatable bonds is 15. The van der Waals surface area contributed by atoms with Crippen molar-refractivity contribution in [2.75, 3.05) is 32.8 Å². The van der Waals surface area contributed by atoms with Crippen molar-refractivity contribution in [2.24, 2.45) is 0 Å². The third-order valence-electron chi connectivity index (χ3n) is 7.96. The molecule has 42 heavy (non-hydrogen) atoms. The molecule has 1 heterocycles. The maximum Gasteiger partial charge on any atom is 0.412 e. The van der Waals surface area contributed by atoms with E-state index < -0.39 is 6.09 Å². The molecule has 1 aliphatic heterocycles. The van der Waals surface area contributed by atoms with Crippen LogP contribution in [-0.2, 0) is 6.42 Å². The van der Waals surface area contributed by atoms with Crippen LogP contribution in [-0.4, -0.2) is 43.8 Å². The summed E-state index contributed by atoms with van der Waals surface area (Å²) in [6.45, 7) is 9.11. The van der Waals surface area contributed by atoms with Crippen LogP contribution in [0.3, 0.4) is 0 Å². The lowest BCUT2D eigenvalue weighted by Crippen LogP contribution is -2.33. The van der Waals surface area contributed by atoms with Gasteiger partial charge in [-0.15, -0.1) is 0 Å². The average molecular weight is 569 g/mol. The summed E-state index contributed by atoms with van der Waals surface area (Å²) in [7, 11) is 0. The molecular weight excluding hydrogens is 520 g/mol. The molecule has 224 valence electrons. The Morgan fingerprint density at radius 3 is 2.10 bits per heavy atom. The summed E-state index contributed by atoms with van der Waals surface area (Å²) < 4.78 is 11.7. The predicted molar refractivity (Wildman–Crippen MR) is 173 cm³/mol. The third kappa shape index (κ3) is 10.1. The smallest absolute Gasteiger partial charge is 0.412 e. The van der Waals surface area contributed by atoms with Crippen molar-refractivity contribution in [1.29, 1.82) is 0 Å². The molecule has 0 aliphatic carbocycles. The van der Waals surface area contributed by atoms with Gasteiger partial charge in [0.1, 0.15) is 18.1 Å². The normalized spacial score (nSPS) is 14.2. The van der Waals surface area contributed by atoms with Crippen molar-refractivity contribution in [3.8, 4) is 11.5 Å². The van der Waals surface area contributed by atoms with Crippen molar-refractivity contribution < 1.29 is 14.3 Å². The largest absolute Gasteiger partial charge is 0.492 e. The van der Waals surface area contributed by atoms with Crippen LogP contribution in [0, 0.1) is 0 Å². The number of ether oxygens (including phenoxy) is 2. The second-order valence-electron chi connectivity index (χ2n) is 11.2. The quantitative estimate of drug-likeness (QED) is 0.186. The van der Waals surface area contributed by atoms with E-state index in [-0.39, 0.29) is 0 Å². The van der Waals surface area contributed by atoms with Crippen molar-refractivity contribution >= 4 is 11.7 Å². The van der Waals surface area contributed by atoms with E-state index in [1.807, 2.05) is 12.1 Å². The Bertz CT molecular complexity index is 1230. The van der Waals surface area contributed by atoms with Gasteiger partial charge in [-0.3, -0.25) is 4.90 Å². The van der Waals surface area contributed by atoms with Crippen molar-refractivity contribution in [3.63, 3.8) is 0 Å². The molecule has 0 radical (unpaired) electrons. The number of hydrogen-bond acceptors (Lipinski definition) is 4. The zero-order valence-electron chi connectivity index (χ0n) is 25.6. The van der Waals surface area contributed by atoms with Crippen LogP contribution in [0.25, 0.3) is 5.57 Å². The maximum atomic E-state index is 12.3. The molecule has 5 nitrogen and oxygen atoms in total. The molecule has 1 N–H and O–H groups in total. The number of amides is 1. The van der Waals surface area contributed by atoms with Crippen LogP contribution < -0.4 is 14.8 Å². The topological polar surface area (TPSA) is 50.8 Å². The lowest BCUT2D eigenvalue weighted by Gasteiger charge is -2.26. The molecule has 0 atom stereocenters. The van der Waals surface area contributed by atoms with Gasteiger partial charge in [-0.1, -0.05) is 99.7 Å². The highest BCUT2D eigenvalue weighted by Gasteiger charge is 2.14. The summed E-state index contributed by atoms with van der Waals surface area (Å²) in [6.07, 6.45) is 9.80. The van der Waals surface area contributed by atoms with E-state index in [0.717, 1.165) is 49.1 Å². The lowest BCUT2D eigenvalue weighted by atomic mass is 9.88. The van der Waals surface area contributed by atoms with E-state index in [9.17, 15) is 4.79 Å². The van der Waals surface area contributed by atoms with Gasteiger partial charge in [-0.25, -0.2) is 4.79 Å². The van der Waals surface area contributed by atoms with Crippen LogP contribution in [0.2, 0.25) is 0 Å². The Balaban J connectivity index is 1.48. The molecule has 1 amide bonds. The van der Waals surface area contributed by atoms with Gasteiger partial charge in [0.25, 0.3) is 0 Å². The Morgan fingerprint density at radius 2 is 1.45 bits per heavy atom. The number of carbonyl (C=O) groups is 1. The minimum absolute atomic E-state index is 0.399. The number of carbonyl (C=O) groups excluding carboxylic acids is 1. The van der Waals surface area contributed by atoms with E-state index in [0.29, 0.717) is 18.9 Å². The molecule has 0 bridgehead atoms. The predicted octanol–water partition coefficient (Wildman–Crippen LogP) is 8.67. The van der Waals surface area contributed by atoms with Gasteiger partial charge in [0.15, 0.2) is 0 Å². The molecule has 3 aromatic carbocycles. The highest BCUT2D eigenvalue weighted by atomic mass is 16.6. The van der Waals surface area contributed by atoms with E-state index in [1.54, 1.807) is 0 Å². The zero-order chi connectivity index (χ0) is 29.4.